The van der Waals surface area contributed by atoms with Crippen LogP contribution >= 0.6 is 0 Å². The van der Waals surface area contributed by atoms with Crippen molar-refractivity contribution < 1.29 is 24.9 Å². The Bertz CT molecular complexity index is 502. The molecule has 7 heteroatoms. The predicted octanol–water partition coefficient (Wildman–Crippen LogP) is 0.186. The summed E-state index contributed by atoms with van der Waals surface area (Å²) in [6, 6.07) is 3.99. The number of nitrogens with zero attached hydrogens (tertiary/aromatic N) is 2. The van der Waals surface area contributed by atoms with Gasteiger partial charge in [0, 0.05) is 13.1 Å². The Labute approximate surface area is 116 Å². The van der Waals surface area contributed by atoms with Gasteiger partial charge in [0.05, 0.1) is 5.56 Å². The minimum atomic E-state index is -1.14. The van der Waals surface area contributed by atoms with Gasteiger partial charge in [0.2, 0.25) is 0 Å². The van der Waals surface area contributed by atoms with E-state index in [4.69, 9.17) is 5.11 Å². The number of hydrogen-bond donors (Lipinski definition) is 3. The number of carbonyl (C=O) groups excluding carboxylic acids is 1. The quantitative estimate of drug-likeness (QED) is 0.644. The van der Waals surface area contributed by atoms with E-state index in [1.165, 1.54) is 18.2 Å². The molecule has 0 spiro atoms. The molecule has 0 unspecified atom stereocenters. The van der Waals surface area contributed by atoms with Crippen LogP contribution in [0.5, 0.6) is 11.5 Å². The molecule has 0 aliphatic rings. The number of carbonyl (C=O) groups is 2. The van der Waals surface area contributed by atoms with E-state index >= 15 is 0 Å². The van der Waals surface area contributed by atoms with Crippen LogP contribution in [0.15, 0.2) is 18.2 Å². The molecule has 0 saturated heterocycles. The number of likely N-dealkylation sites (N-methyl/N-ethyl adjacent to an activating group) is 1. The van der Waals surface area contributed by atoms with Gasteiger partial charge < -0.3 is 25.1 Å². The molecule has 0 bridgehead atoms. The van der Waals surface area contributed by atoms with Crippen molar-refractivity contribution in [2.24, 2.45) is 0 Å². The molecular formula is C13H18N2O5. The van der Waals surface area contributed by atoms with Gasteiger partial charge in [-0.25, -0.2) is 0 Å². The zero-order valence-corrected chi connectivity index (χ0v) is 11.4. The third-order valence-corrected chi connectivity index (χ3v) is 2.68. The van der Waals surface area contributed by atoms with Crippen LogP contribution in [0.1, 0.15) is 10.4 Å². The molecule has 1 rings (SSSR count). The highest BCUT2D eigenvalue weighted by Crippen LogP contribution is 2.29. The van der Waals surface area contributed by atoms with Gasteiger partial charge in [-0.15, -0.1) is 0 Å². The fourth-order valence-electron chi connectivity index (χ4n) is 1.61. The van der Waals surface area contributed by atoms with Gasteiger partial charge in [0.1, 0.15) is 6.54 Å². The van der Waals surface area contributed by atoms with Crippen molar-refractivity contribution in [3.8, 4) is 11.5 Å². The summed E-state index contributed by atoms with van der Waals surface area (Å²) in [6.07, 6.45) is 0. The number of benzene rings is 1. The lowest BCUT2D eigenvalue weighted by molar-refractivity contribution is -0.137. The number of phenols is 2. The highest BCUT2D eigenvalue weighted by molar-refractivity contribution is 5.98. The summed E-state index contributed by atoms with van der Waals surface area (Å²) in [4.78, 5) is 26.0. The number of aliphatic carboxylic acids is 1. The van der Waals surface area contributed by atoms with E-state index in [9.17, 15) is 19.8 Å². The van der Waals surface area contributed by atoms with Crippen LogP contribution in [0, 0.1) is 0 Å². The van der Waals surface area contributed by atoms with Gasteiger partial charge in [-0.05, 0) is 26.2 Å². The van der Waals surface area contributed by atoms with E-state index in [1.807, 2.05) is 4.90 Å². The van der Waals surface area contributed by atoms with E-state index in [0.717, 1.165) is 4.90 Å². The van der Waals surface area contributed by atoms with Crippen molar-refractivity contribution in [1.29, 1.82) is 0 Å². The number of carboxylic acid groups (broad SMARTS) is 1. The first kappa shape index (κ1) is 15.8. The van der Waals surface area contributed by atoms with Gasteiger partial charge >= 0.3 is 5.97 Å². The first-order valence-electron chi connectivity index (χ1n) is 5.99. The molecule has 0 aliphatic heterocycles. The van der Waals surface area contributed by atoms with Crippen LogP contribution < -0.4 is 0 Å². The number of hydrogen-bond acceptors (Lipinski definition) is 5. The first-order valence-corrected chi connectivity index (χ1v) is 5.99. The summed E-state index contributed by atoms with van der Waals surface area (Å²) in [7, 11) is 3.60. The lowest BCUT2D eigenvalue weighted by Gasteiger charge is -2.23. The van der Waals surface area contributed by atoms with Crippen LogP contribution in [0.2, 0.25) is 0 Å². The van der Waals surface area contributed by atoms with Crippen molar-refractivity contribution in [2.45, 2.75) is 0 Å². The number of phenolic OH excluding ortho intramolecular Hbond substituents is 2. The Balaban J connectivity index is 2.97. The average Bonchev–Trinajstić information content (AvgIpc) is 2.36. The van der Waals surface area contributed by atoms with E-state index in [2.05, 4.69) is 0 Å². The lowest BCUT2D eigenvalue weighted by atomic mass is 10.1. The van der Waals surface area contributed by atoms with Gasteiger partial charge in [0.15, 0.2) is 11.5 Å². The Morgan fingerprint density at radius 1 is 1.15 bits per heavy atom. The summed E-state index contributed by atoms with van der Waals surface area (Å²) in [5.41, 5.74) is -0.120. The summed E-state index contributed by atoms with van der Waals surface area (Å²) in [5, 5.41) is 27.9. The van der Waals surface area contributed by atoms with Gasteiger partial charge in [-0.1, -0.05) is 6.07 Å². The van der Waals surface area contributed by atoms with Crippen molar-refractivity contribution >= 4 is 11.9 Å². The molecule has 3 N–H and O–H groups in total. The zero-order chi connectivity index (χ0) is 15.3. The van der Waals surface area contributed by atoms with Crippen LogP contribution in [-0.4, -0.2) is 70.7 Å². The molecule has 1 amide bonds. The van der Waals surface area contributed by atoms with E-state index < -0.39 is 29.9 Å². The fourth-order valence-corrected chi connectivity index (χ4v) is 1.61. The summed E-state index contributed by atoms with van der Waals surface area (Å²) in [5.74, 6) is -2.74. The van der Waals surface area contributed by atoms with Crippen molar-refractivity contribution in [3.63, 3.8) is 0 Å². The largest absolute Gasteiger partial charge is 0.504 e. The molecule has 0 aromatic heterocycles. The Morgan fingerprint density at radius 2 is 1.80 bits per heavy atom. The van der Waals surface area contributed by atoms with Gasteiger partial charge in [-0.3, -0.25) is 9.59 Å². The van der Waals surface area contributed by atoms with Crippen molar-refractivity contribution in [3.05, 3.63) is 23.8 Å². The summed E-state index contributed by atoms with van der Waals surface area (Å²) in [6.45, 7) is 0.216. The molecule has 0 heterocycles. The lowest BCUT2D eigenvalue weighted by Crippen LogP contribution is -2.40. The maximum Gasteiger partial charge on any atom is 0.323 e. The highest BCUT2D eigenvalue weighted by atomic mass is 16.4. The minimum Gasteiger partial charge on any atom is -0.504 e. The highest BCUT2D eigenvalue weighted by Gasteiger charge is 2.22. The Hall–Kier alpha value is -2.28. The molecule has 7 nitrogen and oxygen atoms in total. The van der Waals surface area contributed by atoms with Crippen LogP contribution in [0.25, 0.3) is 0 Å². The van der Waals surface area contributed by atoms with Crippen LogP contribution in [0.4, 0.5) is 0 Å². The van der Waals surface area contributed by atoms with Gasteiger partial charge in [0.25, 0.3) is 5.91 Å². The third-order valence-electron chi connectivity index (χ3n) is 2.68. The summed E-state index contributed by atoms with van der Waals surface area (Å²) >= 11 is 0. The molecule has 1 aromatic carbocycles. The van der Waals surface area contributed by atoms with Gasteiger partial charge in [-0.2, -0.15) is 0 Å². The van der Waals surface area contributed by atoms with Crippen molar-refractivity contribution in [2.75, 3.05) is 33.7 Å². The maximum atomic E-state index is 12.2. The zero-order valence-electron chi connectivity index (χ0n) is 11.4. The molecule has 0 radical (unpaired) electrons. The molecule has 20 heavy (non-hydrogen) atoms. The molecular weight excluding hydrogens is 264 g/mol. The number of aromatic hydroxyl groups is 2. The fraction of sp³-hybridized carbons (Fsp3) is 0.385. The molecule has 1 aromatic rings. The van der Waals surface area contributed by atoms with E-state index in [0.29, 0.717) is 6.54 Å². The number of amides is 1. The number of carboxylic acids is 1. The minimum absolute atomic E-state index is 0.120. The standard InChI is InChI=1S/C13H18N2O5/c1-14(2)6-7-15(8-11(17)18)13(20)9-4-3-5-10(16)12(9)19/h3-5,16,19H,6-8H2,1-2H3,(H,17,18). The monoisotopic (exact) mass is 282 g/mol. The summed E-state index contributed by atoms with van der Waals surface area (Å²) < 4.78 is 0. The van der Waals surface area contributed by atoms with Crippen LogP contribution in [-0.2, 0) is 4.79 Å². The molecule has 0 saturated carbocycles. The average molecular weight is 282 g/mol. The second kappa shape index (κ2) is 6.76. The topological polar surface area (TPSA) is 101 Å². The second-order valence-electron chi connectivity index (χ2n) is 4.60. The normalized spacial score (nSPS) is 10.6. The smallest absolute Gasteiger partial charge is 0.323 e. The maximum absolute atomic E-state index is 12.2. The van der Waals surface area contributed by atoms with E-state index in [-0.39, 0.29) is 12.1 Å². The van der Waals surface area contributed by atoms with Crippen LogP contribution in [0.3, 0.4) is 0 Å². The molecule has 0 fully saturated rings. The third kappa shape index (κ3) is 4.13. The number of rotatable bonds is 6. The molecule has 110 valence electrons. The van der Waals surface area contributed by atoms with E-state index in [1.54, 1.807) is 14.1 Å². The Kier molecular flexibility index (Phi) is 5.33. The number of para-hydroxylation sites is 1. The first-order chi connectivity index (χ1) is 9.32. The molecule has 0 aliphatic carbocycles. The predicted molar refractivity (Wildman–Crippen MR) is 71.9 cm³/mol. The van der Waals surface area contributed by atoms with Crippen molar-refractivity contribution in [1.82, 2.24) is 9.80 Å². The Morgan fingerprint density at radius 3 is 2.35 bits per heavy atom. The SMILES string of the molecule is CN(C)CCN(CC(=O)O)C(=O)c1cccc(O)c1O. The molecule has 0 atom stereocenters. The second-order valence-corrected chi connectivity index (χ2v) is 4.60.